The zero-order chi connectivity index (χ0) is 14.1. The van der Waals surface area contributed by atoms with E-state index in [1.807, 2.05) is 24.3 Å². The Morgan fingerprint density at radius 1 is 1.35 bits per heavy atom. The molecule has 3 N–H and O–H groups in total. The molecule has 3 rings (SSSR count). The van der Waals surface area contributed by atoms with Crippen molar-refractivity contribution in [3.05, 3.63) is 29.1 Å². The minimum Gasteiger partial charge on any atom is -0.397 e. The zero-order valence-electron chi connectivity index (χ0n) is 11.7. The van der Waals surface area contributed by atoms with Crippen LogP contribution in [0.25, 0.3) is 10.1 Å². The third-order valence-corrected chi connectivity index (χ3v) is 5.49. The SMILES string of the molecule is CC(NC(=O)c1sc2ccccc2c1N)C1CCCC1. The highest BCUT2D eigenvalue weighted by Gasteiger charge is 2.24. The van der Waals surface area contributed by atoms with Gasteiger partial charge in [-0.25, -0.2) is 0 Å². The molecule has 20 heavy (non-hydrogen) atoms. The Kier molecular flexibility index (Phi) is 3.66. The number of fused-ring (bicyclic) bond motifs is 1. The Labute approximate surface area is 123 Å². The van der Waals surface area contributed by atoms with Gasteiger partial charge in [0.05, 0.1) is 5.69 Å². The van der Waals surface area contributed by atoms with Crippen molar-refractivity contribution < 1.29 is 4.79 Å². The number of benzene rings is 1. The van der Waals surface area contributed by atoms with Gasteiger partial charge in [-0.2, -0.15) is 0 Å². The standard InChI is InChI=1S/C16H20N2OS/c1-10(11-6-2-3-7-11)18-16(19)15-14(17)12-8-4-5-9-13(12)20-15/h4-5,8-11H,2-3,6-7,17H2,1H3,(H,18,19). The molecule has 1 aliphatic carbocycles. The summed E-state index contributed by atoms with van der Waals surface area (Å²) in [6.07, 6.45) is 5.03. The number of hydrogen-bond acceptors (Lipinski definition) is 3. The highest BCUT2D eigenvalue weighted by molar-refractivity contribution is 7.21. The van der Waals surface area contributed by atoms with Crippen LogP contribution in [-0.4, -0.2) is 11.9 Å². The van der Waals surface area contributed by atoms with E-state index in [2.05, 4.69) is 12.2 Å². The number of nitrogen functional groups attached to an aromatic ring is 1. The first-order valence-corrected chi connectivity index (χ1v) is 8.06. The van der Waals surface area contributed by atoms with Crippen LogP contribution in [0.15, 0.2) is 24.3 Å². The summed E-state index contributed by atoms with van der Waals surface area (Å²) >= 11 is 1.48. The first-order valence-electron chi connectivity index (χ1n) is 7.24. The Morgan fingerprint density at radius 2 is 2.05 bits per heavy atom. The van der Waals surface area contributed by atoms with E-state index in [0.29, 0.717) is 16.5 Å². The average Bonchev–Trinajstić information content (AvgIpc) is 3.07. The second-order valence-electron chi connectivity index (χ2n) is 5.65. The first kappa shape index (κ1) is 13.4. The fourth-order valence-corrected chi connectivity index (χ4v) is 4.11. The van der Waals surface area contributed by atoms with Crippen molar-refractivity contribution in [1.29, 1.82) is 0 Å². The van der Waals surface area contributed by atoms with Crippen molar-refractivity contribution in [2.24, 2.45) is 5.92 Å². The summed E-state index contributed by atoms with van der Waals surface area (Å²) in [7, 11) is 0. The Balaban J connectivity index is 1.80. The van der Waals surface area contributed by atoms with Crippen LogP contribution in [-0.2, 0) is 0 Å². The number of nitrogens with two attached hydrogens (primary N) is 1. The molecule has 4 heteroatoms. The van der Waals surface area contributed by atoms with Crippen LogP contribution in [0.4, 0.5) is 5.69 Å². The normalized spacial score (nSPS) is 17.4. The predicted octanol–water partition coefficient (Wildman–Crippen LogP) is 3.79. The Hall–Kier alpha value is -1.55. The number of thiophene rings is 1. The van der Waals surface area contributed by atoms with Gasteiger partial charge in [0.1, 0.15) is 4.88 Å². The smallest absolute Gasteiger partial charge is 0.263 e. The number of carbonyl (C=O) groups excluding carboxylic acids is 1. The van der Waals surface area contributed by atoms with Crippen LogP contribution in [0.1, 0.15) is 42.3 Å². The van der Waals surface area contributed by atoms with Gasteiger partial charge in [-0.1, -0.05) is 31.0 Å². The highest BCUT2D eigenvalue weighted by atomic mass is 32.1. The number of rotatable bonds is 3. The van der Waals surface area contributed by atoms with E-state index in [1.54, 1.807) is 0 Å². The van der Waals surface area contributed by atoms with Gasteiger partial charge in [0.15, 0.2) is 0 Å². The molecule has 0 radical (unpaired) electrons. The van der Waals surface area contributed by atoms with Gasteiger partial charge in [-0.15, -0.1) is 11.3 Å². The van der Waals surface area contributed by atoms with Gasteiger partial charge in [0.25, 0.3) is 5.91 Å². The molecule has 1 aromatic heterocycles. The number of nitrogens with one attached hydrogen (secondary N) is 1. The molecule has 1 heterocycles. The van der Waals surface area contributed by atoms with Crippen molar-refractivity contribution in [1.82, 2.24) is 5.32 Å². The molecule has 3 nitrogen and oxygen atoms in total. The Bertz CT molecular complexity index is 628. The zero-order valence-corrected chi connectivity index (χ0v) is 12.5. The molecule has 1 fully saturated rings. The van der Waals surface area contributed by atoms with Crippen molar-refractivity contribution >= 4 is 33.0 Å². The quantitative estimate of drug-likeness (QED) is 0.902. The second-order valence-corrected chi connectivity index (χ2v) is 6.70. The molecule has 0 bridgehead atoms. The summed E-state index contributed by atoms with van der Waals surface area (Å²) in [5, 5.41) is 4.11. The molecule has 0 saturated heterocycles. The van der Waals surface area contributed by atoms with E-state index >= 15 is 0 Å². The van der Waals surface area contributed by atoms with Crippen molar-refractivity contribution in [3.8, 4) is 0 Å². The van der Waals surface area contributed by atoms with Crippen molar-refractivity contribution in [2.45, 2.75) is 38.6 Å². The van der Waals surface area contributed by atoms with E-state index in [-0.39, 0.29) is 11.9 Å². The van der Waals surface area contributed by atoms with E-state index in [1.165, 1.54) is 37.0 Å². The molecule has 1 atom stereocenters. The number of carbonyl (C=O) groups is 1. The summed E-state index contributed by atoms with van der Waals surface area (Å²) in [5.74, 6) is 0.595. The van der Waals surface area contributed by atoms with Gasteiger partial charge in [0.2, 0.25) is 0 Å². The van der Waals surface area contributed by atoms with Gasteiger partial charge in [-0.3, -0.25) is 4.79 Å². The summed E-state index contributed by atoms with van der Waals surface area (Å²) in [4.78, 5) is 13.1. The van der Waals surface area contributed by atoms with Crippen LogP contribution < -0.4 is 11.1 Å². The second kappa shape index (κ2) is 5.44. The maximum atomic E-state index is 12.4. The lowest BCUT2D eigenvalue weighted by molar-refractivity contribution is 0.0932. The summed E-state index contributed by atoms with van der Waals surface area (Å²) in [6, 6.07) is 8.14. The van der Waals surface area contributed by atoms with Crippen LogP contribution in [0.3, 0.4) is 0 Å². The molecule has 1 saturated carbocycles. The van der Waals surface area contributed by atoms with Crippen LogP contribution in [0.2, 0.25) is 0 Å². The molecule has 0 spiro atoms. The average molecular weight is 288 g/mol. The minimum absolute atomic E-state index is 0.0249. The van der Waals surface area contributed by atoms with E-state index in [9.17, 15) is 4.79 Å². The van der Waals surface area contributed by atoms with Crippen LogP contribution >= 0.6 is 11.3 Å². The monoisotopic (exact) mass is 288 g/mol. The number of hydrogen-bond donors (Lipinski definition) is 2. The van der Waals surface area contributed by atoms with E-state index in [4.69, 9.17) is 5.73 Å². The molecule has 106 valence electrons. The summed E-state index contributed by atoms with van der Waals surface area (Å²) in [6.45, 7) is 2.11. The number of anilines is 1. The lowest BCUT2D eigenvalue weighted by Gasteiger charge is -2.20. The molecule has 1 amide bonds. The fourth-order valence-electron chi connectivity index (χ4n) is 3.08. The number of amides is 1. The molecule has 1 aromatic carbocycles. The van der Waals surface area contributed by atoms with E-state index in [0.717, 1.165) is 10.1 Å². The third kappa shape index (κ3) is 2.40. The van der Waals surface area contributed by atoms with Crippen LogP contribution in [0.5, 0.6) is 0 Å². The van der Waals surface area contributed by atoms with Gasteiger partial charge in [0, 0.05) is 16.1 Å². The molecular weight excluding hydrogens is 268 g/mol. The van der Waals surface area contributed by atoms with Gasteiger partial charge < -0.3 is 11.1 Å². The summed E-state index contributed by atoms with van der Waals surface area (Å²) in [5.41, 5.74) is 6.73. The first-order chi connectivity index (χ1) is 9.66. The van der Waals surface area contributed by atoms with E-state index < -0.39 is 0 Å². The lowest BCUT2D eigenvalue weighted by Crippen LogP contribution is -2.37. The fraction of sp³-hybridized carbons (Fsp3) is 0.438. The largest absolute Gasteiger partial charge is 0.397 e. The van der Waals surface area contributed by atoms with Crippen LogP contribution in [0, 0.1) is 5.92 Å². The maximum Gasteiger partial charge on any atom is 0.263 e. The molecular formula is C16H20N2OS. The Morgan fingerprint density at radius 3 is 2.75 bits per heavy atom. The molecule has 1 aliphatic rings. The molecule has 0 aliphatic heterocycles. The van der Waals surface area contributed by atoms with Crippen molar-refractivity contribution in [2.75, 3.05) is 5.73 Å². The maximum absolute atomic E-state index is 12.4. The molecule has 1 unspecified atom stereocenters. The highest BCUT2D eigenvalue weighted by Crippen LogP contribution is 2.34. The van der Waals surface area contributed by atoms with Gasteiger partial charge >= 0.3 is 0 Å². The van der Waals surface area contributed by atoms with Crippen molar-refractivity contribution in [3.63, 3.8) is 0 Å². The third-order valence-electron chi connectivity index (χ3n) is 4.31. The minimum atomic E-state index is -0.0249. The molecule has 2 aromatic rings. The lowest BCUT2D eigenvalue weighted by atomic mass is 10.00. The summed E-state index contributed by atoms with van der Waals surface area (Å²) < 4.78 is 1.07. The topological polar surface area (TPSA) is 55.1 Å². The predicted molar refractivity (Wildman–Crippen MR) is 85.1 cm³/mol. The van der Waals surface area contributed by atoms with Gasteiger partial charge in [-0.05, 0) is 31.7 Å².